The third kappa shape index (κ3) is 2.19. The van der Waals surface area contributed by atoms with Gasteiger partial charge in [-0.15, -0.1) is 0 Å². The molecule has 16 heavy (non-hydrogen) atoms. The lowest BCUT2D eigenvalue weighted by atomic mass is 10.1. The Morgan fingerprint density at radius 1 is 1.31 bits per heavy atom. The number of nitrogens with zero attached hydrogens (tertiary/aromatic N) is 1. The molecule has 6 heteroatoms. The molecule has 0 saturated carbocycles. The van der Waals surface area contributed by atoms with Gasteiger partial charge in [0, 0.05) is 10.6 Å². The third-order valence-electron chi connectivity index (χ3n) is 2.00. The molecule has 0 radical (unpaired) electrons. The van der Waals surface area contributed by atoms with Crippen LogP contribution in [0, 0.1) is 3.57 Å². The number of benzene rings is 1. The predicted octanol–water partition coefficient (Wildman–Crippen LogP) is 2.28. The maximum Gasteiger partial charge on any atom is 0.266 e. The number of H-pyrrole nitrogens is 1. The van der Waals surface area contributed by atoms with E-state index in [0.29, 0.717) is 14.3 Å². The first-order valence-corrected chi connectivity index (χ1v) is 5.85. The summed E-state index contributed by atoms with van der Waals surface area (Å²) in [4.78, 5) is 18.0. The fraction of sp³-hybridized carbons (Fsp3) is 0. The van der Waals surface area contributed by atoms with E-state index in [1.807, 2.05) is 22.6 Å². The van der Waals surface area contributed by atoms with Gasteiger partial charge in [-0.2, -0.15) is 0 Å². The lowest BCUT2D eigenvalue weighted by Gasteiger charge is -2.04. The second kappa shape index (κ2) is 4.42. The van der Waals surface area contributed by atoms with Crippen molar-refractivity contribution in [3.63, 3.8) is 0 Å². The van der Waals surface area contributed by atoms with Gasteiger partial charge in [-0.1, -0.05) is 23.7 Å². The molecule has 0 unspecified atom stereocenters. The Morgan fingerprint density at radius 2 is 1.94 bits per heavy atom. The Bertz CT molecular complexity index is 580. The average molecular weight is 348 g/mol. The van der Waals surface area contributed by atoms with E-state index in [2.05, 4.69) is 9.97 Å². The molecule has 0 aliphatic carbocycles. The minimum atomic E-state index is -0.238. The van der Waals surface area contributed by atoms with E-state index in [-0.39, 0.29) is 11.5 Å². The molecule has 82 valence electrons. The first kappa shape index (κ1) is 11.4. The van der Waals surface area contributed by atoms with E-state index >= 15 is 0 Å². The van der Waals surface area contributed by atoms with Crippen molar-refractivity contribution in [3.05, 3.63) is 43.2 Å². The van der Waals surface area contributed by atoms with Crippen LogP contribution in [0.5, 0.6) is 0 Å². The van der Waals surface area contributed by atoms with E-state index in [0.717, 1.165) is 5.56 Å². The molecule has 1 aromatic carbocycles. The van der Waals surface area contributed by atoms with E-state index in [9.17, 15) is 4.79 Å². The monoisotopic (exact) mass is 347 g/mol. The molecule has 0 bridgehead atoms. The van der Waals surface area contributed by atoms with Crippen molar-refractivity contribution in [2.24, 2.45) is 0 Å². The standard InChI is InChI=1S/C10H7ClIN3O/c11-6-3-1-5(2-4-6)8-7(12)9(16)15-10(13)14-8/h1-4H,(H3,13,14,15,16). The summed E-state index contributed by atoms with van der Waals surface area (Å²) in [5.41, 5.74) is 6.64. The fourth-order valence-corrected chi connectivity index (χ4v) is 1.97. The average Bonchev–Trinajstić information content (AvgIpc) is 2.25. The van der Waals surface area contributed by atoms with Crippen molar-refractivity contribution in [3.8, 4) is 11.3 Å². The van der Waals surface area contributed by atoms with Gasteiger partial charge >= 0.3 is 0 Å². The minimum Gasteiger partial charge on any atom is -0.369 e. The van der Waals surface area contributed by atoms with Gasteiger partial charge in [0.1, 0.15) is 3.57 Å². The Morgan fingerprint density at radius 3 is 2.56 bits per heavy atom. The second-order valence-corrected chi connectivity index (χ2v) is 4.64. The highest BCUT2D eigenvalue weighted by Gasteiger charge is 2.09. The number of aromatic nitrogens is 2. The highest BCUT2D eigenvalue weighted by Crippen LogP contribution is 2.22. The molecule has 1 heterocycles. The van der Waals surface area contributed by atoms with Crippen LogP contribution in [0.4, 0.5) is 5.95 Å². The topological polar surface area (TPSA) is 71.8 Å². The van der Waals surface area contributed by atoms with Crippen LogP contribution in [0.1, 0.15) is 0 Å². The predicted molar refractivity (Wildman–Crippen MR) is 72.4 cm³/mol. The summed E-state index contributed by atoms with van der Waals surface area (Å²) in [5, 5.41) is 0.636. The van der Waals surface area contributed by atoms with Gasteiger partial charge in [-0.3, -0.25) is 9.78 Å². The Balaban J connectivity index is 2.64. The van der Waals surface area contributed by atoms with Gasteiger partial charge in [-0.25, -0.2) is 4.98 Å². The molecule has 0 saturated heterocycles. The molecule has 2 aromatic rings. The van der Waals surface area contributed by atoms with Crippen molar-refractivity contribution in [2.75, 3.05) is 5.73 Å². The highest BCUT2D eigenvalue weighted by atomic mass is 127. The first-order valence-electron chi connectivity index (χ1n) is 4.39. The third-order valence-corrected chi connectivity index (χ3v) is 3.25. The largest absolute Gasteiger partial charge is 0.369 e. The van der Waals surface area contributed by atoms with Crippen LogP contribution < -0.4 is 11.3 Å². The number of nitrogen functional groups attached to an aromatic ring is 1. The smallest absolute Gasteiger partial charge is 0.266 e. The van der Waals surface area contributed by atoms with E-state index in [1.54, 1.807) is 24.3 Å². The van der Waals surface area contributed by atoms with Crippen LogP contribution in [0.3, 0.4) is 0 Å². The van der Waals surface area contributed by atoms with Gasteiger partial charge in [0.15, 0.2) is 0 Å². The molecule has 0 spiro atoms. The molecule has 0 aliphatic rings. The lowest BCUT2D eigenvalue weighted by Crippen LogP contribution is -2.15. The van der Waals surface area contributed by atoms with Crippen molar-refractivity contribution in [1.29, 1.82) is 0 Å². The number of aromatic amines is 1. The Kier molecular flexibility index (Phi) is 3.15. The number of hydrogen-bond donors (Lipinski definition) is 2. The van der Waals surface area contributed by atoms with Crippen molar-refractivity contribution >= 4 is 40.1 Å². The van der Waals surface area contributed by atoms with E-state index in [1.165, 1.54) is 0 Å². The van der Waals surface area contributed by atoms with Crippen LogP contribution >= 0.6 is 34.2 Å². The normalized spacial score (nSPS) is 10.4. The van der Waals surface area contributed by atoms with E-state index in [4.69, 9.17) is 17.3 Å². The first-order chi connectivity index (χ1) is 7.58. The molecule has 4 nitrogen and oxygen atoms in total. The minimum absolute atomic E-state index is 0.107. The quantitative estimate of drug-likeness (QED) is 0.778. The molecular weight excluding hydrogens is 340 g/mol. The number of nitrogens with one attached hydrogen (secondary N) is 1. The van der Waals surface area contributed by atoms with Gasteiger partial charge in [0.05, 0.1) is 5.69 Å². The fourth-order valence-electron chi connectivity index (χ4n) is 1.28. The lowest BCUT2D eigenvalue weighted by molar-refractivity contribution is 1.12. The van der Waals surface area contributed by atoms with Crippen molar-refractivity contribution < 1.29 is 0 Å². The number of nitrogens with two attached hydrogens (primary N) is 1. The summed E-state index contributed by atoms with van der Waals surface area (Å²) < 4.78 is 0.508. The summed E-state index contributed by atoms with van der Waals surface area (Å²) in [7, 11) is 0. The second-order valence-electron chi connectivity index (χ2n) is 3.12. The zero-order valence-corrected chi connectivity index (χ0v) is 10.9. The zero-order valence-electron chi connectivity index (χ0n) is 8.00. The van der Waals surface area contributed by atoms with Crippen molar-refractivity contribution in [1.82, 2.24) is 9.97 Å². The van der Waals surface area contributed by atoms with Crippen LogP contribution in [-0.2, 0) is 0 Å². The maximum absolute atomic E-state index is 11.5. The molecule has 0 aliphatic heterocycles. The van der Waals surface area contributed by atoms with Crippen LogP contribution in [0.25, 0.3) is 11.3 Å². The molecule has 1 aromatic heterocycles. The number of anilines is 1. The van der Waals surface area contributed by atoms with Crippen molar-refractivity contribution in [2.45, 2.75) is 0 Å². The van der Waals surface area contributed by atoms with Gasteiger partial charge in [0.25, 0.3) is 5.56 Å². The SMILES string of the molecule is Nc1nc(-c2ccc(Cl)cc2)c(I)c(=O)[nH]1. The molecule has 3 N–H and O–H groups in total. The molecule has 0 fully saturated rings. The Hall–Kier alpha value is -1.08. The summed E-state index contributed by atoms with van der Waals surface area (Å²) in [6, 6.07) is 7.08. The zero-order chi connectivity index (χ0) is 11.7. The Labute approximate surface area is 110 Å². The highest BCUT2D eigenvalue weighted by molar-refractivity contribution is 14.1. The van der Waals surface area contributed by atoms with Crippen LogP contribution in [-0.4, -0.2) is 9.97 Å². The summed E-state index contributed by atoms with van der Waals surface area (Å²) in [5.74, 6) is 0.107. The molecular formula is C10H7ClIN3O. The van der Waals surface area contributed by atoms with Crippen LogP contribution in [0.15, 0.2) is 29.1 Å². The number of hydrogen-bond acceptors (Lipinski definition) is 3. The summed E-state index contributed by atoms with van der Waals surface area (Å²) in [6.07, 6.45) is 0. The van der Waals surface area contributed by atoms with Gasteiger partial charge in [0.2, 0.25) is 5.95 Å². The summed E-state index contributed by atoms with van der Waals surface area (Å²) >= 11 is 7.73. The number of halogens is 2. The molecule has 0 atom stereocenters. The number of rotatable bonds is 1. The van der Waals surface area contributed by atoms with E-state index < -0.39 is 0 Å². The maximum atomic E-state index is 11.5. The summed E-state index contributed by atoms with van der Waals surface area (Å²) in [6.45, 7) is 0. The molecule has 0 amide bonds. The van der Waals surface area contributed by atoms with Gasteiger partial charge < -0.3 is 5.73 Å². The van der Waals surface area contributed by atoms with Crippen LogP contribution in [0.2, 0.25) is 5.02 Å². The molecule has 2 rings (SSSR count). The van der Waals surface area contributed by atoms with Gasteiger partial charge in [-0.05, 0) is 34.7 Å².